The van der Waals surface area contributed by atoms with Crippen LogP contribution in [0.3, 0.4) is 0 Å². The quantitative estimate of drug-likeness (QED) is 0.855. The third-order valence-corrected chi connectivity index (χ3v) is 3.74. The summed E-state index contributed by atoms with van der Waals surface area (Å²) in [6.07, 6.45) is 2.64. The summed E-state index contributed by atoms with van der Waals surface area (Å²) in [5.41, 5.74) is 2.24. The molecule has 1 aliphatic heterocycles. The normalized spacial score (nSPS) is 14.6. The maximum atomic E-state index is 5.39. The van der Waals surface area contributed by atoms with Crippen molar-refractivity contribution in [1.29, 1.82) is 0 Å². The number of hydrogen-bond donors (Lipinski definition) is 2. The maximum Gasteiger partial charge on any atom is 0.135 e. The molecular weight excluding hydrogens is 290 g/mol. The van der Waals surface area contributed by atoms with Gasteiger partial charge in [0.05, 0.1) is 13.2 Å². The van der Waals surface area contributed by atoms with Crippen molar-refractivity contribution < 1.29 is 4.74 Å². The van der Waals surface area contributed by atoms with Gasteiger partial charge in [-0.1, -0.05) is 6.92 Å². The van der Waals surface area contributed by atoms with E-state index in [1.54, 1.807) is 6.33 Å². The van der Waals surface area contributed by atoms with Gasteiger partial charge in [-0.25, -0.2) is 9.97 Å². The number of nitrogens with one attached hydrogen (secondary N) is 2. The minimum Gasteiger partial charge on any atom is -0.378 e. The van der Waals surface area contributed by atoms with Crippen LogP contribution in [0.2, 0.25) is 0 Å². The van der Waals surface area contributed by atoms with Gasteiger partial charge in [0.1, 0.15) is 18.0 Å². The predicted octanol–water partition coefficient (Wildman–Crippen LogP) is 2.88. The lowest BCUT2D eigenvalue weighted by Crippen LogP contribution is -2.36. The largest absolute Gasteiger partial charge is 0.378 e. The summed E-state index contributed by atoms with van der Waals surface area (Å²) in [7, 11) is 0. The van der Waals surface area contributed by atoms with Gasteiger partial charge in [0, 0.05) is 37.1 Å². The minimum atomic E-state index is 0.790. The summed E-state index contributed by atoms with van der Waals surface area (Å²) in [4.78, 5) is 10.8. The van der Waals surface area contributed by atoms with E-state index in [0.717, 1.165) is 56.6 Å². The fourth-order valence-corrected chi connectivity index (χ4v) is 2.50. The first-order valence-electron chi connectivity index (χ1n) is 8.11. The van der Waals surface area contributed by atoms with Crippen LogP contribution in [0.1, 0.15) is 13.3 Å². The van der Waals surface area contributed by atoms with Gasteiger partial charge in [0.15, 0.2) is 0 Å². The Balaban J connectivity index is 1.63. The Morgan fingerprint density at radius 3 is 2.57 bits per heavy atom. The van der Waals surface area contributed by atoms with Crippen LogP contribution in [-0.2, 0) is 4.74 Å². The number of benzene rings is 1. The number of aromatic nitrogens is 2. The molecule has 0 saturated carbocycles. The highest BCUT2D eigenvalue weighted by atomic mass is 16.5. The van der Waals surface area contributed by atoms with E-state index in [4.69, 9.17) is 4.74 Å². The Bertz CT molecular complexity index is 611. The first kappa shape index (κ1) is 15.6. The summed E-state index contributed by atoms with van der Waals surface area (Å²) in [5, 5.41) is 6.58. The fourth-order valence-electron chi connectivity index (χ4n) is 2.50. The molecule has 0 amide bonds. The van der Waals surface area contributed by atoms with Crippen molar-refractivity contribution in [2.75, 3.05) is 48.4 Å². The van der Waals surface area contributed by atoms with E-state index in [1.807, 2.05) is 6.07 Å². The zero-order valence-electron chi connectivity index (χ0n) is 13.5. The van der Waals surface area contributed by atoms with Crippen LogP contribution in [0.25, 0.3) is 0 Å². The Kier molecular flexibility index (Phi) is 5.26. The Morgan fingerprint density at radius 1 is 1.09 bits per heavy atom. The summed E-state index contributed by atoms with van der Waals surface area (Å²) >= 11 is 0. The van der Waals surface area contributed by atoms with Crippen molar-refractivity contribution in [3.63, 3.8) is 0 Å². The lowest BCUT2D eigenvalue weighted by atomic mass is 10.2. The van der Waals surface area contributed by atoms with Gasteiger partial charge in [-0.15, -0.1) is 0 Å². The van der Waals surface area contributed by atoms with E-state index < -0.39 is 0 Å². The summed E-state index contributed by atoms with van der Waals surface area (Å²) in [5.74, 6) is 1.63. The van der Waals surface area contributed by atoms with E-state index in [0.29, 0.717) is 0 Å². The SMILES string of the molecule is CCCNc1cc(Nc2ccc(N3CCOCC3)cc2)ncn1. The van der Waals surface area contributed by atoms with Crippen LogP contribution in [0.5, 0.6) is 0 Å². The molecule has 0 unspecified atom stereocenters. The molecule has 1 aliphatic rings. The molecule has 6 heteroatoms. The molecule has 1 fully saturated rings. The summed E-state index contributed by atoms with van der Waals surface area (Å²) in [6, 6.07) is 10.3. The molecule has 2 heterocycles. The molecule has 0 radical (unpaired) electrons. The lowest BCUT2D eigenvalue weighted by molar-refractivity contribution is 0.122. The number of anilines is 4. The molecule has 0 aliphatic carbocycles. The van der Waals surface area contributed by atoms with E-state index in [9.17, 15) is 0 Å². The van der Waals surface area contributed by atoms with Crippen molar-refractivity contribution in [2.45, 2.75) is 13.3 Å². The first-order valence-corrected chi connectivity index (χ1v) is 8.11. The fraction of sp³-hybridized carbons (Fsp3) is 0.412. The third-order valence-electron chi connectivity index (χ3n) is 3.74. The molecule has 1 aromatic heterocycles. The number of morpholine rings is 1. The molecule has 122 valence electrons. The topological polar surface area (TPSA) is 62.3 Å². The first-order chi connectivity index (χ1) is 11.3. The smallest absolute Gasteiger partial charge is 0.135 e. The number of ether oxygens (including phenoxy) is 1. The second-order valence-electron chi connectivity index (χ2n) is 5.49. The van der Waals surface area contributed by atoms with E-state index in [1.165, 1.54) is 5.69 Å². The standard InChI is InChI=1S/C17H23N5O/c1-2-7-18-16-12-17(20-13-19-16)21-14-3-5-15(6-4-14)22-8-10-23-11-9-22/h3-6,12-13H,2,7-11H2,1H3,(H2,18,19,20,21). The van der Waals surface area contributed by atoms with Crippen molar-refractivity contribution in [1.82, 2.24) is 9.97 Å². The molecule has 2 aromatic rings. The van der Waals surface area contributed by atoms with Gasteiger partial charge >= 0.3 is 0 Å². The molecule has 23 heavy (non-hydrogen) atoms. The third kappa shape index (κ3) is 4.32. The van der Waals surface area contributed by atoms with Crippen LogP contribution < -0.4 is 15.5 Å². The summed E-state index contributed by atoms with van der Waals surface area (Å²) < 4.78 is 5.39. The average Bonchev–Trinajstić information content (AvgIpc) is 2.62. The van der Waals surface area contributed by atoms with Gasteiger partial charge in [0.2, 0.25) is 0 Å². The van der Waals surface area contributed by atoms with Crippen molar-refractivity contribution in [3.05, 3.63) is 36.7 Å². The lowest BCUT2D eigenvalue weighted by Gasteiger charge is -2.28. The molecule has 0 spiro atoms. The van der Waals surface area contributed by atoms with Crippen LogP contribution in [-0.4, -0.2) is 42.8 Å². The molecule has 0 bridgehead atoms. The van der Waals surface area contributed by atoms with Crippen molar-refractivity contribution in [2.24, 2.45) is 0 Å². The zero-order chi connectivity index (χ0) is 15.9. The van der Waals surface area contributed by atoms with Gasteiger partial charge < -0.3 is 20.3 Å². The monoisotopic (exact) mass is 313 g/mol. The average molecular weight is 313 g/mol. The van der Waals surface area contributed by atoms with Gasteiger partial charge in [-0.05, 0) is 30.7 Å². The van der Waals surface area contributed by atoms with E-state index in [-0.39, 0.29) is 0 Å². The summed E-state index contributed by atoms with van der Waals surface area (Å²) in [6.45, 7) is 6.54. The van der Waals surface area contributed by atoms with Gasteiger partial charge in [0.25, 0.3) is 0 Å². The molecule has 0 atom stereocenters. The second kappa shape index (κ2) is 7.78. The second-order valence-corrected chi connectivity index (χ2v) is 5.49. The molecule has 6 nitrogen and oxygen atoms in total. The highest BCUT2D eigenvalue weighted by Crippen LogP contribution is 2.21. The molecule has 1 saturated heterocycles. The van der Waals surface area contributed by atoms with E-state index >= 15 is 0 Å². The molecule has 2 N–H and O–H groups in total. The highest BCUT2D eigenvalue weighted by molar-refractivity contribution is 5.62. The number of nitrogens with zero attached hydrogens (tertiary/aromatic N) is 3. The van der Waals surface area contributed by atoms with E-state index in [2.05, 4.69) is 56.7 Å². The molecule has 1 aromatic carbocycles. The Hall–Kier alpha value is -2.34. The van der Waals surface area contributed by atoms with Crippen LogP contribution in [0.15, 0.2) is 36.7 Å². The molecular formula is C17H23N5O. The van der Waals surface area contributed by atoms with Crippen LogP contribution in [0, 0.1) is 0 Å². The van der Waals surface area contributed by atoms with Gasteiger partial charge in [-0.2, -0.15) is 0 Å². The van der Waals surface area contributed by atoms with Crippen LogP contribution in [0.4, 0.5) is 23.0 Å². The zero-order valence-corrected chi connectivity index (χ0v) is 13.5. The highest BCUT2D eigenvalue weighted by Gasteiger charge is 2.10. The van der Waals surface area contributed by atoms with Crippen LogP contribution >= 0.6 is 0 Å². The molecule has 3 rings (SSSR count). The maximum absolute atomic E-state index is 5.39. The number of hydrogen-bond acceptors (Lipinski definition) is 6. The Labute approximate surface area is 136 Å². The van der Waals surface area contributed by atoms with Crippen molar-refractivity contribution in [3.8, 4) is 0 Å². The number of rotatable bonds is 6. The van der Waals surface area contributed by atoms with Crippen molar-refractivity contribution >= 4 is 23.0 Å². The predicted molar refractivity (Wildman–Crippen MR) is 93.6 cm³/mol. The minimum absolute atomic E-state index is 0.790. The van der Waals surface area contributed by atoms with Gasteiger partial charge in [-0.3, -0.25) is 0 Å². The Morgan fingerprint density at radius 2 is 1.83 bits per heavy atom.